The number of hydrogen-bond acceptors (Lipinski definition) is 5. The number of ether oxygens (including phenoxy) is 1. The Balaban J connectivity index is 1.59. The molecule has 144 valence electrons. The first-order valence-corrected chi connectivity index (χ1v) is 9.64. The van der Waals surface area contributed by atoms with E-state index >= 15 is 0 Å². The molecular formula is C21H21N3O3S. The molecule has 0 spiro atoms. The fourth-order valence-electron chi connectivity index (χ4n) is 2.70. The predicted molar refractivity (Wildman–Crippen MR) is 111 cm³/mol. The second-order valence-electron chi connectivity index (χ2n) is 6.25. The van der Waals surface area contributed by atoms with Crippen LogP contribution in [0.3, 0.4) is 0 Å². The lowest BCUT2D eigenvalue weighted by Crippen LogP contribution is -2.20. The van der Waals surface area contributed by atoms with E-state index in [0.717, 1.165) is 21.8 Å². The van der Waals surface area contributed by atoms with Gasteiger partial charge in [0, 0.05) is 11.0 Å². The molecule has 7 heteroatoms. The summed E-state index contributed by atoms with van der Waals surface area (Å²) >= 11 is 1.54. The fraction of sp³-hybridized carbons (Fsp3) is 0.190. The SMILES string of the molecule is Cc1ccsc1/C=C/C(=O)OCC(=O)Nc1c(C)nn(-c2ccccc2)c1C. The number of thiophene rings is 1. The molecule has 1 aromatic carbocycles. The van der Waals surface area contributed by atoms with Crippen molar-refractivity contribution in [1.29, 1.82) is 0 Å². The molecule has 0 aliphatic rings. The summed E-state index contributed by atoms with van der Waals surface area (Å²) in [5.74, 6) is -0.968. The molecule has 0 bridgehead atoms. The van der Waals surface area contributed by atoms with Crippen LogP contribution in [0.4, 0.5) is 5.69 Å². The van der Waals surface area contributed by atoms with Gasteiger partial charge in [0.2, 0.25) is 0 Å². The molecule has 1 amide bonds. The molecule has 1 N–H and O–H groups in total. The minimum atomic E-state index is -0.559. The Hall–Kier alpha value is -3.19. The average molecular weight is 395 g/mol. The van der Waals surface area contributed by atoms with Crippen molar-refractivity contribution in [3.05, 3.63) is 69.7 Å². The van der Waals surface area contributed by atoms with Gasteiger partial charge < -0.3 is 10.1 Å². The molecule has 6 nitrogen and oxygen atoms in total. The van der Waals surface area contributed by atoms with Crippen LogP contribution in [0, 0.1) is 20.8 Å². The van der Waals surface area contributed by atoms with Gasteiger partial charge in [0.05, 0.1) is 22.8 Å². The van der Waals surface area contributed by atoms with E-state index < -0.39 is 11.9 Å². The summed E-state index contributed by atoms with van der Waals surface area (Å²) in [5.41, 5.74) is 4.11. The Morgan fingerprint density at radius 2 is 1.93 bits per heavy atom. The maximum atomic E-state index is 12.2. The van der Waals surface area contributed by atoms with Gasteiger partial charge >= 0.3 is 5.97 Å². The number of rotatable bonds is 6. The van der Waals surface area contributed by atoms with E-state index in [2.05, 4.69) is 10.4 Å². The third-order valence-electron chi connectivity index (χ3n) is 4.17. The third-order valence-corrected chi connectivity index (χ3v) is 5.16. The van der Waals surface area contributed by atoms with E-state index in [0.29, 0.717) is 11.4 Å². The molecule has 3 aromatic rings. The lowest BCUT2D eigenvalue weighted by Gasteiger charge is -2.07. The summed E-state index contributed by atoms with van der Waals surface area (Å²) in [6, 6.07) is 11.6. The van der Waals surface area contributed by atoms with Crippen molar-refractivity contribution < 1.29 is 14.3 Å². The van der Waals surface area contributed by atoms with Crippen molar-refractivity contribution in [3.8, 4) is 5.69 Å². The molecule has 0 saturated heterocycles. The Morgan fingerprint density at radius 3 is 2.61 bits per heavy atom. The van der Waals surface area contributed by atoms with Crippen molar-refractivity contribution in [1.82, 2.24) is 9.78 Å². The molecule has 3 rings (SSSR count). The van der Waals surface area contributed by atoms with Crippen LogP contribution in [-0.2, 0) is 14.3 Å². The number of carbonyl (C=O) groups is 2. The van der Waals surface area contributed by atoms with Crippen LogP contribution in [0.25, 0.3) is 11.8 Å². The number of aryl methyl sites for hydroxylation is 2. The zero-order valence-electron chi connectivity index (χ0n) is 15.9. The largest absolute Gasteiger partial charge is 0.452 e. The molecule has 0 saturated carbocycles. The van der Waals surface area contributed by atoms with Gasteiger partial charge in [-0.15, -0.1) is 11.3 Å². The zero-order chi connectivity index (χ0) is 20.1. The first kappa shape index (κ1) is 19.6. The number of amides is 1. The number of anilines is 1. The number of carbonyl (C=O) groups excluding carboxylic acids is 2. The van der Waals surface area contributed by atoms with Crippen molar-refractivity contribution >= 4 is 35.0 Å². The van der Waals surface area contributed by atoms with Crippen LogP contribution in [-0.4, -0.2) is 28.3 Å². The summed E-state index contributed by atoms with van der Waals surface area (Å²) in [6.07, 6.45) is 3.02. The highest BCUT2D eigenvalue weighted by molar-refractivity contribution is 7.11. The highest BCUT2D eigenvalue weighted by Crippen LogP contribution is 2.22. The predicted octanol–water partition coefficient (Wildman–Crippen LogP) is 4.05. The van der Waals surface area contributed by atoms with Crippen LogP contribution >= 0.6 is 11.3 Å². The molecule has 0 atom stereocenters. The number of benzene rings is 1. The summed E-state index contributed by atoms with van der Waals surface area (Å²) < 4.78 is 6.79. The van der Waals surface area contributed by atoms with Gasteiger partial charge in [-0.2, -0.15) is 5.10 Å². The molecule has 0 radical (unpaired) electrons. The quantitative estimate of drug-likeness (QED) is 0.505. The van der Waals surface area contributed by atoms with Gasteiger partial charge in [0.15, 0.2) is 6.61 Å². The standard InChI is InChI=1S/C21H21N3O3S/c1-14-11-12-28-18(14)9-10-20(26)27-13-19(25)22-21-15(2)23-24(16(21)3)17-7-5-4-6-8-17/h4-12H,13H2,1-3H3,(H,22,25)/b10-9+. The van der Waals surface area contributed by atoms with Crippen LogP contribution < -0.4 is 5.32 Å². The molecule has 2 heterocycles. The summed E-state index contributed by atoms with van der Waals surface area (Å²) in [4.78, 5) is 25.0. The Morgan fingerprint density at radius 1 is 1.18 bits per heavy atom. The average Bonchev–Trinajstić information content (AvgIpc) is 3.23. The Bertz CT molecular complexity index is 1020. The number of aromatic nitrogens is 2. The molecule has 0 unspecified atom stereocenters. The van der Waals surface area contributed by atoms with Crippen LogP contribution in [0.2, 0.25) is 0 Å². The number of para-hydroxylation sites is 1. The summed E-state index contributed by atoms with van der Waals surface area (Å²) in [7, 11) is 0. The molecule has 0 aliphatic heterocycles. The van der Waals surface area contributed by atoms with E-state index in [-0.39, 0.29) is 6.61 Å². The molecule has 2 aromatic heterocycles. The molecular weight excluding hydrogens is 374 g/mol. The smallest absolute Gasteiger partial charge is 0.331 e. The monoisotopic (exact) mass is 395 g/mol. The first-order chi connectivity index (χ1) is 13.5. The highest BCUT2D eigenvalue weighted by atomic mass is 32.1. The number of nitrogens with zero attached hydrogens (tertiary/aromatic N) is 2. The second-order valence-corrected chi connectivity index (χ2v) is 7.20. The minimum Gasteiger partial charge on any atom is -0.452 e. The maximum absolute atomic E-state index is 12.2. The molecule has 0 aliphatic carbocycles. The van der Waals surface area contributed by atoms with Crippen molar-refractivity contribution in [2.24, 2.45) is 0 Å². The number of nitrogens with one attached hydrogen (secondary N) is 1. The minimum absolute atomic E-state index is 0.359. The van der Waals surface area contributed by atoms with Crippen molar-refractivity contribution in [3.63, 3.8) is 0 Å². The Labute approximate surface area is 167 Å². The van der Waals surface area contributed by atoms with Crippen LogP contribution in [0.15, 0.2) is 47.9 Å². The van der Waals surface area contributed by atoms with Crippen molar-refractivity contribution in [2.45, 2.75) is 20.8 Å². The number of hydrogen-bond donors (Lipinski definition) is 1. The van der Waals surface area contributed by atoms with Gasteiger partial charge in [-0.25, -0.2) is 9.48 Å². The first-order valence-electron chi connectivity index (χ1n) is 8.76. The lowest BCUT2D eigenvalue weighted by molar-refractivity contribution is -0.142. The topological polar surface area (TPSA) is 73.2 Å². The highest BCUT2D eigenvalue weighted by Gasteiger charge is 2.15. The third kappa shape index (κ3) is 4.55. The normalized spacial score (nSPS) is 11.0. The summed E-state index contributed by atoms with van der Waals surface area (Å²) in [6.45, 7) is 5.30. The summed E-state index contributed by atoms with van der Waals surface area (Å²) in [5, 5.41) is 9.21. The maximum Gasteiger partial charge on any atom is 0.331 e. The Kier molecular flexibility index (Phi) is 6.06. The number of esters is 1. The van der Waals surface area contributed by atoms with E-state index in [1.807, 2.05) is 62.5 Å². The molecule has 28 heavy (non-hydrogen) atoms. The van der Waals surface area contributed by atoms with Gasteiger partial charge in [-0.3, -0.25) is 4.79 Å². The van der Waals surface area contributed by atoms with Gasteiger partial charge in [-0.05, 0) is 56.0 Å². The van der Waals surface area contributed by atoms with Crippen LogP contribution in [0.5, 0.6) is 0 Å². The lowest BCUT2D eigenvalue weighted by atomic mass is 10.3. The zero-order valence-corrected chi connectivity index (χ0v) is 16.7. The van der Waals surface area contributed by atoms with Gasteiger partial charge in [0.25, 0.3) is 5.91 Å². The fourth-order valence-corrected chi connectivity index (χ4v) is 3.52. The van der Waals surface area contributed by atoms with E-state index in [1.54, 1.807) is 10.8 Å². The van der Waals surface area contributed by atoms with Crippen LogP contribution in [0.1, 0.15) is 21.8 Å². The van der Waals surface area contributed by atoms with Gasteiger partial charge in [-0.1, -0.05) is 18.2 Å². The van der Waals surface area contributed by atoms with E-state index in [1.165, 1.54) is 17.4 Å². The van der Waals surface area contributed by atoms with Crippen molar-refractivity contribution in [2.75, 3.05) is 11.9 Å². The van der Waals surface area contributed by atoms with Gasteiger partial charge in [0.1, 0.15) is 0 Å². The van der Waals surface area contributed by atoms with E-state index in [4.69, 9.17) is 4.74 Å². The second kappa shape index (κ2) is 8.67. The molecule has 0 fully saturated rings. The van der Waals surface area contributed by atoms with E-state index in [9.17, 15) is 9.59 Å².